The van der Waals surface area contributed by atoms with E-state index >= 15 is 0 Å². The van der Waals surface area contributed by atoms with Gasteiger partial charge >= 0.3 is 0 Å². The highest BCUT2D eigenvalue weighted by Gasteiger charge is 2.59. The number of hydrogen-bond donors (Lipinski definition) is 2. The molecule has 1 aromatic rings. The van der Waals surface area contributed by atoms with Crippen molar-refractivity contribution in [1.82, 2.24) is 0 Å². The summed E-state index contributed by atoms with van der Waals surface area (Å²) in [5.41, 5.74) is 3.73. The molecule has 4 aliphatic carbocycles. The Hall–Kier alpha value is -1.48. The van der Waals surface area contributed by atoms with Crippen molar-refractivity contribution in [3.63, 3.8) is 0 Å². The molecule has 7 atom stereocenters. The van der Waals surface area contributed by atoms with Crippen LogP contribution in [0.2, 0.25) is 0 Å². The fourth-order valence-electron chi connectivity index (χ4n) is 9.80. The number of anilines is 1. The lowest BCUT2D eigenvalue weighted by Crippen LogP contribution is -2.53. The number of aliphatic hydroxyl groups is 2. The molecule has 0 amide bonds. The molecule has 0 bridgehead atoms. The first-order valence-electron chi connectivity index (χ1n) is 16.8. The second-order valence-electron chi connectivity index (χ2n) is 14.4. The molecule has 7 nitrogen and oxygen atoms in total. The number of ether oxygens (including phenoxy) is 4. The molecule has 7 heteroatoms. The molecule has 1 aromatic carbocycles. The normalized spacial score (nSPS) is 39.2. The van der Waals surface area contributed by atoms with E-state index < -0.39 is 17.0 Å². The van der Waals surface area contributed by atoms with Crippen molar-refractivity contribution in [2.45, 2.75) is 113 Å². The molecule has 232 valence electrons. The molecule has 42 heavy (non-hydrogen) atoms. The van der Waals surface area contributed by atoms with Crippen molar-refractivity contribution < 1.29 is 29.2 Å². The minimum atomic E-state index is -0.865. The molecule has 7 rings (SSSR count). The van der Waals surface area contributed by atoms with Gasteiger partial charge in [0.2, 0.25) is 0 Å². The number of hydrogen-bond acceptors (Lipinski definition) is 7. The quantitative estimate of drug-likeness (QED) is 0.317. The highest BCUT2D eigenvalue weighted by molar-refractivity contribution is 5.49. The Kier molecular flexibility index (Phi) is 7.98. The predicted molar refractivity (Wildman–Crippen MR) is 161 cm³/mol. The van der Waals surface area contributed by atoms with Crippen LogP contribution in [0.25, 0.3) is 0 Å². The van der Waals surface area contributed by atoms with Gasteiger partial charge in [0.25, 0.3) is 0 Å². The summed E-state index contributed by atoms with van der Waals surface area (Å²) in [6, 6.07) is 9.02. The van der Waals surface area contributed by atoms with Crippen LogP contribution in [0.4, 0.5) is 5.69 Å². The minimum Gasteiger partial charge on any atom is -0.390 e. The molecule has 2 saturated heterocycles. The summed E-state index contributed by atoms with van der Waals surface area (Å²) in [6.45, 7) is 2.68. The maximum absolute atomic E-state index is 12.2. The van der Waals surface area contributed by atoms with Gasteiger partial charge in [-0.25, -0.2) is 0 Å². The molecule has 3 unspecified atom stereocenters. The number of benzene rings is 1. The molecular formula is C35H51NO6. The molecule has 2 aliphatic heterocycles. The third-order valence-electron chi connectivity index (χ3n) is 11.8. The second kappa shape index (κ2) is 11.5. The van der Waals surface area contributed by atoms with Gasteiger partial charge in [0.15, 0.2) is 12.1 Å². The van der Waals surface area contributed by atoms with E-state index in [1.807, 2.05) is 0 Å². The van der Waals surface area contributed by atoms with Crippen LogP contribution in [-0.4, -0.2) is 74.0 Å². The van der Waals surface area contributed by atoms with Crippen molar-refractivity contribution >= 4 is 5.69 Å². The first kappa shape index (κ1) is 29.2. The summed E-state index contributed by atoms with van der Waals surface area (Å²) in [5, 5.41) is 24.5. The number of fused-ring (bicyclic) bond motifs is 4. The summed E-state index contributed by atoms with van der Waals surface area (Å²) >= 11 is 0. The summed E-state index contributed by atoms with van der Waals surface area (Å²) in [4.78, 5) is 2.14. The zero-order chi connectivity index (χ0) is 29.0. The zero-order valence-corrected chi connectivity index (χ0v) is 25.7. The van der Waals surface area contributed by atoms with E-state index in [1.54, 1.807) is 0 Å². The Morgan fingerprint density at radius 2 is 1.76 bits per heavy atom. The van der Waals surface area contributed by atoms with E-state index in [9.17, 15) is 10.2 Å². The lowest BCUT2D eigenvalue weighted by atomic mass is 9.54. The Morgan fingerprint density at radius 1 is 0.952 bits per heavy atom. The largest absolute Gasteiger partial charge is 0.390 e. The fraction of sp³-hybridized carbons (Fsp3) is 0.771. The first-order chi connectivity index (χ1) is 20.3. The summed E-state index contributed by atoms with van der Waals surface area (Å²) in [5.74, 6) is 0.739. The van der Waals surface area contributed by atoms with Gasteiger partial charge in [0.1, 0.15) is 0 Å². The van der Waals surface area contributed by atoms with Crippen LogP contribution in [0.15, 0.2) is 35.4 Å². The van der Waals surface area contributed by atoms with E-state index in [-0.39, 0.29) is 18.1 Å². The van der Waals surface area contributed by atoms with Gasteiger partial charge < -0.3 is 34.1 Å². The van der Waals surface area contributed by atoms with Crippen LogP contribution in [0.1, 0.15) is 95.0 Å². The van der Waals surface area contributed by atoms with Gasteiger partial charge in [-0.1, -0.05) is 17.7 Å². The van der Waals surface area contributed by atoms with Crippen LogP contribution in [-0.2, 0) is 18.9 Å². The first-order valence-corrected chi connectivity index (χ1v) is 16.8. The third-order valence-corrected chi connectivity index (χ3v) is 11.8. The minimum absolute atomic E-state index is 0.0706. The number of nitrogens with zero attached hydrogens (tertiary/aromatic N) is 1. The van der Waals surface area contributed by atoms with E-state index in [0.717, 1.165) is 77.2 Å². The smallest absolute Gasteiger partial charge is 0.171 e. The van der Waals surface area contributed by atoms with Crippen LogP contribution in [0.5, 0.6) is 0 Å². The van der Waals surface area contributed by atoms with Gasteiger partial charge in [0, 0.05) is 51.8 Å². The van der Waals surface area contributed by atoms with E-state index in [0.29, 0.717) is 38.1 Å². The monoisotopic (exact) mass is 581 g/mol. The van der Waals surface area contributed by atoms with Crippen LogP contribution >= 0.6 is 0 Å². The fourth-order valence-corrected chi connectivity index (χ4v) is 9.80. The lowest BCUT2D eigenvalue weighted by Gasteiger charge is -2.54. The predicted octanol–water partition coefficient (Wildman–Crippen LogP) is 5.69. The molecule has 2 heterocycles. The van der Waals surface area contributed by atoms with Crippen molar-refractivity contribution in [3.05, 3.63) is 41.0 Å². The highest BCUT2D eigenvalue weighted by atomic mass is 16.7. The van der Waals surface area contributed by atoms with Crippen molar-refractivity contribution in [2.24, 2.45) is 17.8 Å². The van der Waals surface area contributed by atoms with Crippen LogP contribution in [0, 0.1) is 17.8 Å². The zero-order valence-electron chi connectivity index (χ0n) is 25.7. The third kappa shape index (κ3) is 5.26. The molecule has 6 aliphatic rings. The van der Waals surface area contributed by atoms with Crippen LogP contribution in [0.3, 0.4) is 0 Å². The van der Waals surface area contributed by atoms with Gasteiger partial charge in [-0.2, -0.15) is 0 Å². The highest BCUT2D eigenvalue weighted by Crippen LogP contribution is 2.63. The molecule has 2 N–H and O–H groups in total. The Balaban J connectivity index is 1.16. The van der Waals surface area contributed by atoms with Crippen molar-refractivity contribution in [2.75, 3.05) is 45.4 Å². The average molecular weight is 582 g/mol. The maximum Gasteiger partial charge on any atom is 0.171 e. The number of allylic oxidation sites excluding steroid dienone is 1. The SMILES string of the molecule is CN(C)c1ccc([C@H]2C[C@@H]3C(CC[C@]3(O)CCCOC3CCCCO3)C3CC[C@@]4(O)CC5(CCC4=C32)OCCO5)cc1. The Bertz CT molecular complexity index is 1140. The lowest BCUT2D eigenvalue weighted by molar-refractivity contribution is -0.208. The molecule has 0 aromatic heterocycles. The number of rotatable bonds is 7. The average Bonchev–Trinajstić information content (AvgIpc) is 3.58. The second-order valence-corrected chi connectivity index (χ2v) is 14.4. The topological polar surface area (TPSA) is 80.6 Å². The molecule has 0 radical (unpaired) electrons. The summed E-state index contributed by atoms with van der Waals surface area (Å²) < 4.78 is 24.0. The van der Waals surface area contributed by atoms with E-state index in [1.165, 1.54) is 28.8 Å². The van der Waals surface area contributed by atoms with Gasteiger partial charge in [-0.15, -0.1) is 0 Å². The van der Waals surface area contributed by atoms with Crippen molar-refractivity contribution in [3.8, 4) is 0 Å². The van der Waals surface area contributed by atoms with Crippen LogP contribution < -0.4 is 4.90 Å². The molecule has 3 saturated carbocycles. The van der Waals surface area contributed by atoms with Gasteiger partial charge in [-0.05, 0) is 112 Å². The van der Waals surface area contributed by atoms with Gasteiger partial charge in [-0.3, -0.25) is 0 Å². The Morgan fingerprint density at radius 3 is 2.50 bits per heavy atom. The summed E-state index contributed by atoms with van der Waals surface area (Å²) in [6.07, 6.45) is 11.6. The molecular weight excluding hydrogens is 530 g/mol. The molecule has 1 spiro atoms. The van der Waals surface area contributed by atoms with Crippen molar-refractivity contribution in [1.29, 1.82) is 0 Å². The van der Waals surface area contributed by atoms with Gasteiger partial charge in [0.05, 0.1) is 24.4 Å². The van der Waals surface area contributed by atoms with E-state index in [2.05, 4.69) is 43.3 Å². The van der Waals surface area contributed by atoms with E-state index in [4.69, 9.17) is 18.9 Å². The standard InChI is InChI=1S/C35H51NO6/c1-36(2)25-9-7-24(8-10-25)28-22-30-26(11-15-33(30,37)14-5-19-40-31-6-3-4-18-39-31)27-12-16-34(38)23-35(41-20-21-42-35)17-13-29(34)32(27)28/h7-10,26-28,30-31,37-38H,3-6,11-23H2,1-2H3/t26?,27?,28-,30-,31?,33-,34-/m1/s1. The Labute approximate surface area is 251 Å². The molecule has 5 fully saturated rings. The summed E-state index contributed by atoms with van der Waals surface area (Å²) in [7, 11) is 4.16. The maximum atomic E-state index is 12.2.